The van der Waals surface area contributed by atoms with Crippen molar-refractivity contribution < 1.29 is 18.8 Å². The quantitative estimate of drug-likeness (QED) is 0.327. The Morgan fingerprint density at radius 2 is 1.75 bits per heavy atom. The lowest BCUT2D eigenvalue weighted by molar-refractivity contribution is 0.0955. The molecule has 182 valence electrons. The Bertz CT molecular complexity index is 1410. The minimum Gasteiger partial charge on any atom is -0.364 e. The molecule has 4 aromatic rings. The van der Waals surface area contributed by atoms with Gasteiger partial charge in [-0.15, -0.1) is 0 Å². The number of hydrogen-bond acceptors (Lipinski definition) is 4. The normalized spacial score (nSPS) is 10.6. The topological polar surface area (TPSA) is 121 Å². The number of benzene rings is 3. The largest absolute Gasteiger partial charge is 0.364 e. The first-order valence-corrected chi connectivity index (χ1v) is 11.3. The molecule has 0 saturated carbocycles. The number of hydrogen-bond donors (Lipinski definition) is 3. The Balaban J connectivity index is 1.57. The van der Waals surface area contributed by atoms with Crippen LogP contribution in [0.25, 0.3) is 0 Å². The summed E-state index contributed by atoms with van der Waals surface area (Å²) in [5.41, 5.74) is 7.33. The van der Waals surface area contributed by atoms with Gasteiger partial charge in [-0.3, -0.25) is 14.4 Å². The lowest BCUT2D eigenvalue weighted by Crippen LogP contribution is -2.34. The summed E-state index contributed by atoms with van der Waals surface area (Å²) < 4.78 is 13.3. The molecule has 0 atom stereocenters. The molecule has 3 amide bonds. The first kappa shape index (κ1) is 24.6. The Labute approximate surface area is 210 Å². The standard InChI is InChI=1S/C26H21ClFN5O3/c27-21-14-17(28)6-11-20(21)25(35)32-18-7-9-19(10-8-18)33(13-12-16-4-2-1-3-5-16)26(36)23-22(24(29)34)30-15-31-23/h1-11,14-15H,12-13H2,(H2,29,34)(H,30,31)(H,32,35). The van der Waals surface area contributed by atoms with Gasteiger partial charge in [0.05, 0.1) is 16.9 Å². The second-order valence-corrected chi connectivity index (χ2v) is 8.22. The van der Waals surface area contributed by atoms with Gasteiger partial charge in [-0.05, 0) is 54.4 Å². The molecule has 3 aromatic carbocycles. The number of imidazole rings is 1. The van der Waals surface area contributed by atoms with E-state index in [1.54, 1.807) is 24.3 Å². The van der Waals surface area contributed by atoms with E-state index in [1.165, 1.54) is 17.3 Å². The first-order valence-electron chi connectivity index (χ1n) is 10.9. The van der Waals surface area contributed by atoms with Gasteiger partial charge in [0.2, 0.25) is 0 Å². The molecule has 8 nitrogen and oxygen atoms in total. The van der Waals surface area contributed by atoms with Crippen molar-refractivity contribution in [3.05, 3.63) is 112 Å². The minimum atomic E-state index is -0.795. The van der Waals surface area contributed by atoms with Crippen LogP contribution in [0.5, 0.6) is 0 Å². The molecular formula is C26H21ClFN5O3. The molecule has 0 spiro atoms. The number of aromatic amines is 1. The number of nitrogens with two attached hydrogens (primary N) is 1. The van der Waals surface area contributed by atoms with E-state index >= 15 is 0 Å². The van der Waals surface area contributed by atoms with E-state index in [0.717, 1.165) is 17.7 Å². The van der Waals surface area contributed by atoms with Crippen molar-refractivity contribution >= 4 is 40.7 Å². The zero-order chi connectivity index (χ0) is 25.7. The Morgan fingerprint density at radius 3 is 2.42 bits per heavy atom. The van der Waals surface area contributed by atoms with Gasteiger partial charge in [0.15, 0.2) is 5.69 Å². The number of aromatic nitrogens is 2. The predicted octanol–water partition coefficient (Wildman–Crippen LogP) is 4.44. The van der Waals surface area contributed by atoms with Crippen LogP contribution in [0.4, 0.5) is 15.8 Å². The first-order chi connectivity index (χ1) is 17.3. The maximum absolute atomic E-state index is 13.4. The van der Waals surface area contributed by atoms with Crippen molar-refractivity contribution in [1.29, 1.82) is 0 Å². The van der Waals surface area contributed by atoms with Crippen LogP contribution in [-0.4, -0.2) is 34.2 Å². The van der Waals surface area contributed by atoms with Gasteiger partial charge >= 0.3 is 0 Å². The van der Waals surface area contributed by atoms with E-state index in [2.05, 4.69) is 15.3 Å². The summed E-state index contributed by atoms with van der Waals surface area (Å²) in [5.74, 6) is -2.35. The van der Waals surface area contributed by atoms with E-state index in [-0.39, 0.29) is 22.0 Å². The number of halogens is 2. The highest BCUT2D eigenvalue weighted by molar-refractivity contribution is 6.34. The van der Waals surface area contributed by atoms with Crippen LogP contribution >= 0.6 is 11.6 Å². The van der Waals surface area contributed by atoms with Crippen LogP contribution in [0.3, 0.4) is 0 Å². The Hall–Kier alpha value is -4.50. The summed E-state index contributed by atoms with van der Waals surface area (Å²) in [4.78, 5) is 45.8. The number of nitrogens with zero attached hydrogens (tertiary/aromatic N) is 2. The maximum Gasteiger partial charge on any atom is 0.279 e. The molecule has 1 heterocycles. The van der Waals surface area contributed by atoms with E-state index < -0.39 is 23.5 Å². The predicted molar refractivity (Wildman–Crippen MR) is 135 cm³/mol. The van der Waals surface area contributed by atoms with E-state index in [9.17, 15) is 18.8 Å². The molecule has 0 saturated heterocycles. The molecule has 0 bridgehead atoms. The molecular weight excluding hydrogens is 485 g/mol. The minimum absolute atomic E-state index is 0.00828. The van der Waals surface area contributed by atoms with Crippen molar-refractivity contribution in [2.24, 2.45) is 5.73 Å². The molecule has 4 rings (SSSR count). The van der Waals surface area contributed by atoms with Crippen LogP contribution in [-0.2, 0) is 6.42 Å². The van der Waals surface area contributed by atoms with Gasteiger partial charge in [0, 0.05) is 17.9 Å². The fourth-order valence-electron chi connectivity index (χ4n) is 3.60. The third-order valence-corrected chi connectivity index (χ3v) is 5.73. The van der Waals surface area contributed by atoms with Gasteiger partial charge in [-0.2, -0.15) is 0 Å². The summed E-state index contributed by atoms with van der Waals surface area (Å²) in [6.07, 6.45) is 1.78. The smallest absolute Gasteiger partial charge is 0.279 e. The maximum atomic E-state index is 13.4. The van der Waals surface area contributed by atoms with Crippen LogP contribution < -0.4 is 16.0 Å². The molecule has 0 fully saturated rings. The second-order valence-electron chi connectivity index (χ2n) is 7.81. The molecule has 0 unspecified atom stereocenters. The summed E-state index contributed by atoms with van der Waals surface area (Å²) in [6, 6.07) is 19.7. The fourth-order valence-corrected chi connectivity index (χ4v) is 3.86. The summed E-state index contributed by atoms with van der Waals surface area (Å²) in [7, 11) is 0. The molecule has 10 heteroatoms. The number of H-pyrrole nitrogens is 1. The lowest BCUT2D eigenvalue weighted by atomic mass is 10.1. The van der Waals surface area contributed by atoms with Crippen LogP contribution in [0.15, 0.2) is 79.1 Å². The third-order valence-electron chi connectivity index (χ3n) is 5.41. The lowest BCUT2D eigenvalue weighted by Gasteiger charge is -2.23. The number of anilines is 2. The number of carbonyl (C=O) groups is 3. The third kappa shape index (κ3) is 5.59. The van der Waals surface area contributed by atoms with Crippen molar-refractivity contribution in [1.82, 2.24) is 9.97 Å². The SMILES string of the molecule is NC(=O)c1[nH]cnc1C(=O)N(CCc1ccccc1)c1ccc(NC(=O)c2ccc(F)cc2Cl)cc1. The number of carbonyl (C=O) groups excluding carboxylic acids is 3. The molecule has 0 aliphatic carbocycles. The van der Waals surface area contributed by atoms with E-state index in [0.29, 0.717) is 24.3 Å². The van der Waals surface area contributed by atoms with Gasteiger partial charge < -0.3 is 20.9 Å². The van der Waals surface area contributed by atoms with Crippen molar-refractivity contribution in [3.8, 4) is 0 Å². The van der Waals surface area contributed by atoms with Gasteiger partial charge in [-0.25, -0.2) is 9.37 Å². The van der Waals surface area contributed by atoms with E-state index in [1.807, 2.05) is 30.3 Å². The number of rotatable bonds is 8. The fraction of sp³-hybridized carbons (Fsp3) is 0.0769. The highest BCUT2D eigenvalue weighted by Gasteiger charge is 2.25. The summed E-state index contributed by atoms with van der Waals surface area (Å²) in [6.45, 7) is 0.296. The average molecular weight is 506 g/mol. The van der Waals surface area contributed by atoms with Gasteiger partial charge in [-0.1, -0.05) is 41.9 Å². The van der Waals surface area contributed by atoms with Crippen LogP contribution in [0.2, 0.25) is 5.02 Å². The summed E-state index contributed by atoms with van der Waals surface area (Å²) >= 11 is 5.98. The second kappa shape index (κ2) is 10.8. The average Bonchev–Trinajstić information content (AvgIpc) is 3.36. The van der Waals surface area contributed by atoms with Crippen LogP contribution in [0, 0.1) is 5.82 Å². The highest BCUT2D eigenvalue weighted by atomic mass is 35.5. The zero-order valence-corrected chi connectivity index (χ0v) is 19.6. The molecule has 0 aliphatic rings. The monoisotopic (exact) mass is 505 g/mol. The van der Waals surface area contributed by atoms with Gasteiger partial charge in [0.25, 0.3) is 17.7 Å². The molecule has 0 aliphatic heterocycles. The molecule has 4 N–H and O–H groups in total. The van der Waals surface area contributed by atoms with Crippen molar-refractivity contribution in [3.63, 3.8) is 0 Å². The molecule has 0 radical (unpaired) electrons. The highest BCUT2D eigenvalue weighted by Crippen LogP contribution is 2.23. The van der Waals surface area contributed by atoms with E-state index in [4.69, 9.17) is 17.3 Å². The summed E-state index contributed by atoms with van der Waals surface area (Å²) in [5, 5.41) is 2.69. The molecule has 36 heavy (non-hydrogen) atoms. The van der Waals surface area contributed by atoms with Crippen molar-refractivity contribution in [2.75, 3.05) is 16.8 Å². The van der Waals surface area contributed by atoms with Crippen molar-refractivity contribution in [2.45, 2.75) is 6.42 Å². The Morgan fingerprint density at radius 1 is 1.03 bits per heavy atom. The molecule has 1 aromatic heterocycles. The number of nitrogens with one attached hydrogen (secondary N) is 2. The van der Waals surface area contributed by atoms with Gasteiger partial charge in [0.1, 0.15) is 11.5 Å². The Kier molecular flexibility index (Phi) is 7.41. The van der Waals surface area contributed by atoms with Crippen LogP contribution in [0.1, 0.15) is 36.9 Å². The zero-order valence-electron chi connectivity index (χ0n) is 18.9. The number of primary amides is 1. The number of amides is 3.